The van der Waals surface area contributed by atoms with Crippen molar-refractivity contribution in [2.24, 2.45) is 0 Å². The number of likely N-dealkylation sites (tertiary alicyclic amines) is 2. The van der Waals surface area contributed by atoms with Crippen LogP contribution in [0.25, 0.3) is 0 Å². The first kappa shape index (κ1) is 14.4. The molecule has 0 unspecified atom stereocenters. The molecule has 0 radical (unpaired) electrons. The summed E-state index contributed by atoms with van der Waals surface area (Å²) in [6.07, 6.45) is 8.23. The minimum absolute atomic E-state index is 0.0435. The Morgan fingerprint density at radius 3 is 2.86 bits per heavy atom. The zero-order valence-electron chi connectivity index (χ0n) is 12.8. The first-order valence-electron chi connectivity index (χ1n) is 7.86. The number of aryl methyl sites for hydroxylation is 1. The number of hydrogen-bond donors (Lipinski definition) is 0. The Labute approximate surface area is 126 Å². The van der Waals surface area contributed by atoms with Crippen LogP contribution in [0, 0.1) is 6.92 Å². The number of nitrogens with zero attached hydrogens (tertiary/aromatic N) is 2. The van der Waals surface area contributed by atoms with Gasteiger partial charge in [0.15, 0.2) is 5.76 Å². The maximum absolute atomic E-state index is 12.7. The van der Waals surface area contributed by atoms with Crippen molar-refractivity contribution in [3.8, 4) is 0 Å². The van der Waals surface area contributed by atoms with E-state index in [0.717, 1.165) is 38.2 Å². The highest BCUT2D eigenvalue weighted by Gasteiger charge is 2.44. The van der Waals surface area contributed by atoms with Crippen molar-refractivity contribution in [3.63, 3.8) is 0 Å². The van der Waals surface area contributed by atoms with E-state index in [9.17, 15) is 4.79 Å². The van der Waals surface area contributed by atoms with E-state index >= 15 is 0 Å². The van der Waals surface area contributed by atoms with Crippen LogP contribution in [0.5, 0.6) is 0 Å². The van der Waals surface area contributed by atoms with Crippen molar-refractivity contribution in [2.75, 3.05) is 26.2 Å². The summed E-state index contributed by atoms with van der Waals surface area (Å²) in [4.78, 5) is 17.2. The molecule has 1 spiro atoms. The van der Waals surface area contributed by atoms with Gasteiger partial charge in [-0.15, -0.1) is 6.58 Å². The van der Waals surface area contributed by atoms with E-state index in [0.29, 0.717) is 5.76 Å². The fourth-order valence-corrected chi connectivity index (χ4v) is 3.92. The van der Waals surface area contributed by atoms with Gasteiger partial charge >= 0.3 is 0 Å². The SMILES string of the molecule is C=CCN1CCC[C@]12CCCN(C(=O)c1occc1C)C2. The zero-order chi connectivity index (χ0) is 14.9. The molecule has 2 saturated heterocycles. The van der Waals surface area contributed by atoms with Crippen LogP contribution in [0.1, 0.15) is 41.8 Å². The van der Waals surface area contributed by atoms with Crippen LogP contribution in [0.15, 0.2) is 29.4 Å². The second kappa shape index (κ2) is 5.68. The van der Waals surface area contributed by atoms with Crippen molar-refractivity contribution in [3.05, 3.63) is 36.3 Å². The standard InChI is InChI=1S/C17H24N2O2/c1-3-9-19-11-5-8-17(19)7-4-10-18(13-17)16(20)15-14(2)6-12-21-15/h3,6,12H,1,4-5,7-11,13H2,2H3/t17-/m0/s1. The smallest absolute Gasteiger partial charge is 0.289 e. The van der Waals surface area contributed by atoms with Gasteiger partial charge in [0.1, 0.15) is 0 Å². The van der Waals surface area contributed by atoms with Crippen molar-refractivity contribution in [1.29, 1.82) is 0 Å². The highest BCUT2D eigenvalue weighted by atomic mass is 16.3. The molecule has 21 heavy (non-hydrogen) atoms. The molecule has 1 amide bonds. The number of furan rings is 1. The number of piperidine rings is 1. The minimum atomic E-state index is 0.0435. The van der Waals surface area contributed by atoms with E-state index in [4.69, 9.17) is 4.42 Å². The van der Waals surface area contributed by atoms with Gasteiger partial charge in [0, 0.05) is 30.7 Å². The molecule has 1 aromatic rings. The Morgan fingerprint density at radius 1 is 1.43 bits per heavy atom. The predicted octanol–water partition coefficient (Wildman–Crippen LogP) is 2.84. The molecule has 1 atom stereocenters. The molecule has 3 heterocycles. The van der Waals surface area contributed by atoms with Crippen molar-refractivity contribution >= 4 is 5.91 Å². The molecule has 0 saturated carbocycles. The number of carbonyl (C=O) groups excluding carboxylic acids is 1. The topological polar surface area (TPSA) is 36.7 Å². The molecule has 3 rings (SSSR count). The third kappa shape index (κ3) is 2.53. The summed E-state index contributed by atoms with van der Waals surface area (Å²) >= 11 is 0. The first-order valence-corrected chi connectivity index (χ1v) is 7.86. The fourth-order valence-electron chi connectivity index (χ4n) is 3.92. The zero-order valence-corrected chi connectivity index (χ0v) is 12.8. The summed E-state index contributed by atoms with van der Waals surface area (Å²) < 4.78 is 5.38. The van der Waals surface area contributed by atoms with Crippen LogP contribution in [0.4, 0.5) is 0 Å². The lowest BCUT2D eigenvalue weighted by atomic mass is 9.86. The lowest BCUT2D eigenvalue weighted by Crippen LogP contribution is -2.56. The molecule has 0 aliphatic carbocycles. The van der Waals surface area contributed by atoms with Crippen LogP contribution >= 0.6 is 0 Å². The molecule has 0 N–H and O–H groups in total. The molecule has 2 aliphatic heterocycles. The predicted molar refractivity (Wildman–Crippen MR) is 82.3 cm³/mol. The van der Waals surface area contributed by atoms with Gasteiger partial charge in [0.05, 0.1) is 6.26 Å². The van der Waals surface area contributed by atoms with Crippen molar-refractivity contribution < 1.29 is 9.21 Å². The lowest BCUT2D eigenvalue weighted by molar-refractivity contribution is 0.0344. The molecule has 1 aromatic heterocycles. The maximum atomic E-state index is 12.7. The van der Waals surface area contributed by atoms with Crippen LogP contribution in [0.3, 0.4) is 0 Å². The largest absolute Gasteiger partial charge is 0.459 e. The number of rotatable bonds is 3. The number of carbonyl (C=O) groups is 1. The van der Waals surface area contributed by atoms with Gasteiger partial charge in [-0.05, 0) is 45.2 Å². The van der Waals surface area contributed by atoms with E-state index in [2.05, 4.69) is 11.5 Å². The van der Waals surface area contributed by atoms with Gasteiger partial charge in [-0.3, -0.25) is 9.69 Å². The van der Waals surface area contributed by atoms with Gasteiger partial charge in [-0.25, -0.2) is 0 Å². The highest BCUT2D eigenvalue weighted by Crippen LogP contribution is 2.37. The summed E-state index contributed by atoms with van der Waals surface area (Å²) in [7, 11) is 0. The second-order valence-corrected chi connectivity index (χ2v) is 6.33. The molecule has 0 bridgehead atoms. The van der Waals surface area contributed by atoms with Crippen molar-refractivity contribution in [1.82, 2.24) is 9.80 Å². The summed E-state index contributed by atoms with van der Waals surface area (Å²) in [5.74, 6) is 0.544. The molecule has 114 valence electrons. The highest BCUT2D eigenvalue weighted by molar-refractivity contribution is 5.93. The Balaban J connectivity index is 1.78. The van der Waals surface area contributed by atoms with Gasteiger partial charge in [-0.1, -0.05) is 6.08 Å². The average molecular weight is 288 g/mol. The Kier molecular flexibility index (Phi) is 3.89. The van der Waals surface area contributed by atoms with Gasteiger partial charge in [0.25, 0.3) is 5.91 Å². The van der Waals surface area contributed by atoms with Crippen LogP contribution < -0.4 is 0 Å². The van der Waals surface area contributed by atoms with Crippen LogP contribution in [-0.4, -0.2) is 47.4 Å². The maximum Gasteiger partial charge on any atom is 0.289 e. The van der Waals surface area contributed by atoms with Crippen molar-refractivity contribution in [2.45, 2.75) is 38.1 Å². The van der Waals surface area contributed by atoms with Gasteiger partial charge < -0.3 is 9.32 Å². The molecule has 4 heteroatoms. The van der Waals surface area contributed by atoms with Gasteiger partial charge in [0.2, 0.25) is 0 Å². The van der Waals surface area contributed by atoms with Crippen LogP contribution in [-0.2, 0) is 0 Å². The molecular weight excluding hydrogens is 264 g/mol. The normalized spacial score (nSPS) is 26.4. The summed E-state index contributed by atoms with van der Waals surface area (Å²) in [5, 5.41) is 0. The van der Waals surface area contributed by atoms with E-state index in [1.807, 2.05) is 24.0 Å². The Bertz CT molecular complexity index is 537. The average Bonchev–Trinajstić information content (AvgIpc) is 3.06. The first-order chi connectivity index (χ1) is 10.2. The molecule has 4 nitrogen and oxygen atoms in total. The minimum Gasteiger partial charge on any atom is -0.459 e. The lowest BCUT2D eigenvalue weighted by Gasteiger charge is -2.45. The second-order valence-electron chi connectivity index (χ2n) is 6.33. The molecule has 2 fully saturated rings. The Morgan fingerprint density at radius 2 is 2.19 bits per heavy atom. The number of amides is 1. The van der Waals surface area contributed by atoms with E-state index in [1.165, 1.54) is 19.3 Å². The third-order valence-electron chi connectivity index (χ3n) is 4.99. The van der Waals surface area contributed by atoms with E-state index in [-0.39, 0.29) is 11.4 Å². The summed E-state index contributed by atoms with van der Waals surface area (Å²) in [6, 6.07) is 1.85. The molecule has 2 aliphatic rings. The van der Waals surface area contributed by atoms with Crippen LogP contribution in [0.2, 0.25) is 0 Å². The molecule has 0 aromatic carbocycles. The Hall–Kier alpha value is -1.55. The molecular formula is C17H24N2O2. The fraction of sp³-hybridized carbons (Fsp3) is 0.588. The monoisotopic (exact) mass is 288 g/mol. The quantitative estimate of drug-likeness (QED) is 0.803. The summed E-state index contributed by atoms with van der Waals surface area (Å²) in [5.41, 5.74) is 1.08. The van der Waals surface area contributed by atoms with E-state index < -0.39 is 0 Å². The van der Waals surface area contributed by atoms with E-state index in [1.54, 1.807) is 6.26 Å². The third-order valence-corrected chi connectivity index (χ3v) is 4.99. The van der Waals surface area contributed by atoms with Gasteiger partial charge in [-0.2, -0.15) is 0 Å². The summed E-state index contributed by atoms with van der Waals surface area (Å²) in [6.45, 7) is 9.49. The number of hydrogen-bond acceptors (Lipinski definition) is 3.